The summed E-state index contributed by atoms with van der Waals surface area (Å²) < 4.78 is 5.28. The van der Waals surface area contributed by atoms with E-state index in [1.807, 2.05) is 31.2 Å². The summed E-state index contributed by atoms with van der Waals surface area (Å²) in [7, 11) is 1.64. The summed E-state index contributed by atoms with van der Waals surface area (Å²) >= 11 is 4.99. The molecule has 1 aromatic rings. The minimum Gasteiger partial charge on any atom is -0.496 e. The minimum atomic E-state index is -0.782. The van der Waals surface area contributed by atoms with Gasteiger partial charge in [0, 0.05) is 6.54 Å². The molecule has 0 fully saturated rings. The van der Waals surface area contributed by atoms with Crippen LogP contribution in [0.3, 0.4) is 0 Å². The van der Waals surface area contributed by atoms with Crippen molar-refractivity contribution >= 4 is 23.1 Å². The normalized spacial score (nSPS) is 13.3. The van der Waals surface area contributed by atoms with Gasteiger partial charge in [0.15, 0.2) is 0 Å². The number of ether oxygens (including phenoxy) is 1. The second-order valence-electron chi connectivity index (χ2n) is 4.87. The number of carbonyl (C=O) groups excluding carboxylic acids is 1. The van der Waals surface area contributed by atoms with E-state index in [0.717, 1.165) is 11.3 Å². The van der Waals surface area contributed by atoms with E-state index >= 15 is 0 Å². The number of para-hydroxylation sites is 1. The highest BCUT2D eigenvalue weighted by Gasteiger charge is 2.34. The molecule has 5 heteroatoms. The van der Waals surface area contributed by atoms with E-state index in [0.29, 0.717) is 19.4 Å². The summed E-state index contributed by atoms with van der Waals surface area (Å²) in [5.74, 6) is 0.705. The molecule has 0 bridgehead atoms. The van der Waals surface area contributed by atoms with Gasteiger partial charge in [-0.3, -0.25) is 4.79 Å². The van der Waals surface area contributed by atoms with Gasteiger partial charge in [-0.15, -0.1) is 0 Å². The fourth-order valence-electron chi connectivity index (χ4n) is 1.86. The Kier molecular flexibility index (Phi) is 5.95. The molecule has 1 amide bonds. The Balaban J connectivity index is 2.60. The third kappa shape index (κ3) is 3.70. The fourth-order valence-corrected chi connectivity index (χ4v) is 2.10. The monoisotopic (exact) mass is 294 g/mol. The first-order valence-corrected chi connectivity index (χ1v) is 7.06. The van der Waals surface area contributed by atoms with Crippen molar-refractivity contribution < 1.29 is 9.53 Å². The van der Waals surface area contributed by atoms with E-state index in [2.05, 4.69) is 5.32 Å². The standard InChI is InChI=1S/C15H22N2O2S/c1-4-15(2,13(16)20)14(18)17-10-9-11-7-5-6-8-12(11)19-3/h5-8H,4,9-10H2,1-3H3,(H2,16,20)(H,17,18). The summed E-state index contributed by atoms with van der Waals surface area (Å²) in [5, 5.41) is 2.89. The summed E-state index contributed by atoms with van der Waals surface area (Å²) in [4.78, 5) is 12.4. The molecule has 0 aromatic heterocycles. The zero-order valence-electron chi connectivity index (χ0n) is 12.2. The van der Waals surface area contributed by atoms with Crippen molar-refractivity contribution in [2.45, 2.75) is 26.7 Å². The Morgan fingerprint density at radius 1 is 1.45 bits per heavy atom. The lowest BCUT2D eigenvalue weighted by Crippen LogP contribution is -2.47. The zero-order valence-corrected chi connectivity index (χ0v) is 13.0. The van der Waals surface area contributed by atoms with Crippen molar-refractivity contribution in [3.8, 4) is 5.75 Å². The van der Waals surface area contributed by atoms with Crippen LogP contribution in [0.1, 0.15) is 25.8 Å². The highest BCUT2D eigenvalue weighted by atomic mass is 32.1. The van der Waals surface area contributed by atoms with Crippen LogP contribution in [0.4, 0.5) is 0 Å². The molecule has 1 atom stereocenters. The molecule has 0 saturated carbocycles. The van der Waals surface area contributed by atoms with Gasteiger partial charge in [-0.2, -0.15) is 0 Å². The number of hydrogen-bond acceptors (Lipinski definition) is 3. The number of carbonyl (C=O) groups is 1. The van der Waals surface area contributed by atoms with Crippen LogP contribution in [0.15, 0.2) is 24.3 Å². The molecule has 20 heavy (non-hydrogen) atoms. The van der Waals surface area contributed by atoms with Gasteiger partial charge in [-0.1, -0.05) is 37.3 Å². The van der Waals surface area contributed by atoms with Crippen molar-refractivity contribution in [2.24, 2.45) is 11.1 Å². The molecule has 0 spiro atoms. The van der Waals surface area contributed by atoms with Crippen LogP contribution in [0.5, 0.6) is 5.75 Å². The summed E-state index contributed by atoms with van der Waals surface area (Å²) in [5.41, 5.74) is 5.94. The van der Waals surface area contributed by atoms with Crippen LogP contribution in [0.25, 0.3) is 0 Å². The Hall–Kier alpha value is -1.62. The highest BCUT2D eigenvalue weighted by Crippen LogP contribution is 2.22. The molecule has 0 radical (unpaired) electrons. The average molecular weight is 294 g/mol. The largest absolute Gasteiger partial charge is 0.496 e. The van der Waals surface area contributed by atoms with E-state index < -0.39 is 5.41 Å². The van der Waals surface area contributed by atoms with Crippen LogP contribution < -0.4 is 15.8 Å². The van der Waals surface area contributed by atoms with Gasteiger partial charge < -0.3 is 15.8 Å². The molecule has 3 N–H and O–H groups in total. The molecular formula is C15H22N2O2S. The maximum atomic E-state index is 12.2. The number of benzene rings is 1. The van der Waals surface area contributed by atoms with Crippen molar-refractivity contribution in [2.75, 3.05) is 13.7 Å². The van der Waals surface area contributed by atoms with Crippen LogP contribution in [0.2, 0.25) is 0 Å². The first-order valence-electron chi connectivity index (χ1n) is 6.65. The molecule has 4 nitrogen and oxygen atoms in total. The van der Waals surface area contributed by atoms with Crippen molar-refractivity contribution in [3.05, 3.63) is 29.8 Å². The maximum Gasteiger partial charge on any atom is 0.232 e. The molecule has 110 valence electrons. The lowest BCUT2D eigenvalue weighted by atomic mass is 9.86. The van der Waals surface area contributed by atoms with E-state index in [-0.39, 0.29) is 10.9 Å². The third-order valence-corrected chi connectivity index (χ3v) is 4.08. The first-order chi connectivity index (χ1) is 9.45. The SMILES string of the molecule is CCC(C)(C(=O)NCCc1ccccc1OC)C(N)=S. The lowest BCUT2D eigenvalue weighted by Gasteiger charge is -2.25. The number of thiocarbonyl (C=S) groups is 1. The minimum absolute atomic E-state index is 0.123. The van der Waals surface area contributed by atoms with E-state index in [1.54, 1.807) is 14.0 Å². The Morgan fingerprint density at radius 3 is 2.65 bits per heavy atom. The van der Waals surface area contributed by atoms with Gasteiger partial charge in [0.1, 0.15) is 5.75 Å². The van der Waals surface area contributed by atoms with Gasteiger partial charge in [0.2, 0.25) is 5.91 Å². The number of nitrogens with one attached hydrogen (secondary N) is 1. The van der Waals surface area contributed by atoms with Crippen molar-refractivity contribution in [1.82, 2.24) is 5.32 Å². The molecule has 0 saturated heterocycles. The molecule has 0 heterocycles. The van der Waals surface area contributed by atoms with Gasteiger partial charge in [0.05, 0.1) is 17.5 Å². The maximum absolute atomic E-state index is 12.2. The fraction of sp³-hybridized carbons (Fsp3) is 0.467. The second-order valence-corrected chi connectivity index (χ2v) is 5.31. The smallest absolute Gasteiger partial charge is 0.232 e. The summed E-state index contributed by atoms with van der Waals surface area (Å²) in [6.07, 6.45) is 1.29. The van der Waals surface area contributed by atoms with Gasteiger partial charge in [-0.05, 0) is 31.4 Å². The number of hydrogen-bond donors (Lipinski definition) is 2. The quantitative estimate of drug-likeness (QED) is 0.756. The lowest BCUT2D eigenvalue weighted by molar-refractivity contribution is -0.126. The molecule has 1 unspecified atom stereocenters. The van der Waals surface area contributed by atoms with E-state index in [4.69, 9.17) is 22.7 Å². The van der Waals surface area contributed by atoms with Crippen LogP contribution in [0, 0.1) is 5.41 Å². The second kappa shape index (κ2) is 7.24. The summed E-state index contributed by atoms with van der Waals surface area (Å²) in [6.45, 7) is 4.20. The average Bonchev–Trinajstić information content (AvgIpc) is 2.46. The number of amides is 1. The molecule has 1 rings (SSSR count). The van der Waals surface area contributed by atoms with Crippen LogP contribution in [-0.4, -0.2) is 24.6 Å². The summed E-state index contributed by atoms with van der Waals surface area (Å²) in [6, 6.07) is 7.76. The Morgan fingerprint density at radius 2 is 2.10 bits per heavy atom. The van der Waals surface area contributed by atoms with Crippen molar-refractivity contribution in [3.63, 3.8) is 0 Å². The van der Waals surface area contributed by atoms with Crippen molar-refractivity contribution in [1.29, 1.82) is 0 Å². The molecule has 0 aliphatic rings. The van der Waals surface area contributed by atoms with E-state index in [1.165, 1.54) is 0 Å². The Labute approximate surface area is 125 Å². The molecule has 1 aromatic carbocycles. The molecule has 0 aliphatic heterocycles. The van der Waals surface area contributed by atoms with Gasteiger partial charge in [-0.25, -0.2) is 0 Å². The highest BCUT2D eigenvalue weighted by molar-refractivity contribution is 7.80. The topological polar surface area (TPSA) is 64.3 Å². The van der Waals surface area contributed by atoms with Crippen LogP contribution >= 0.6 is 12.2 Å². The predicted molar refractivity (Wildman–Crippen MR) is 84.9 cm³/mol. The predicted octanol–water partition coefficient (Wildman–Crippen LogP) is 2.06. The Bertz CT molecular complexity index is 491. The zero-order chi connectivity index (χ0) is 15.2. The number of nitrogens with two attached hydrogens (primary N) is 1. The molecule has 0 aliphatic carbocycles. The third-order valence-electron chi connectivity index (χ3n) is 3.62. The first kappa shape index (κ1) is 16.4. The van der Waals surface area contributed by atoms with Crippen LogP contribution in [-0.2, 0) is 11.2 Å². The van der Waals surface area contributed by atoms with Gasteiger partial charge >= 0.3 is 0 Å². The molecular weight excluding hydrogens is 272 g/mol. The number of methoxy groups -OCH3 is 1. The van der Waals surface area contributed by atoms with Gasteiger partial charge in [0.25, 0.3) is 0 Å². The van der Waals surface area contributed by atoms with E-state index in [9.17, 15) is 4.79 Å². The number of rotatable bonds is 7.